The van der Waals surface area contributed by atoms with E-state index < -0.39 is 5.91 Å². The molecule has 0 saturated heterocycles. The molecule has 37 heavy (non-hydrogen) atoms. The van der Waals surface area contributed by atoms with Crippen LogP contribution in [-0.2, 0) is 11.8 Å². The number of rotatable bonds is 7. The lowest BCUT2D eigenvalue weighted by Crippen LogP contribution is -2.25. The summed E-state index contributed by atoms with van der Waals surface area (Å²) in [7, 11) is 3.38. The summed E-state index contributed by atoms with van der Waals surface area (Å²) >= 11 is 1.36. The summed E-state index contributed by atoms with van der Waals surface area (Å²) < 4.78 is 8.11. The Morgan fingerprint density at radius 3 is 2.73 bits per heavy atom. The summed E-state index contributed by atoms with van der Waals surface area (Å²) in [6, 6.07) is 15.1. The highest BCUT2D eigenvalue weighted by Gasteiger charge is 2.20. The minimum atomic E-state index is -0.401. The van der Waals surface area contributed by atoms with Gasteiger partial charge >= 0.3 is 0 Å². The Kier molecular flexibility index (Phi) is 6.33. The van der Waals surface area contributed by atoms with Crippen LogP contribution >= 0.6 is 11.3 Å². The maximum absolute atomic E-state index is 13.1. The molecule has 5 aromatic rings. The topological polar surface area (TPSA) is 128 Å². The van der Waals surface area contributed by atoms with E-state index in [0.717, 1.165) is 22.0 Å². The number of pyridine rings is 1. The van der Waals surface area contributed by atoms with E-state index in [0.29, 0.717) is 39.1 Å². The van der Waals surface area contributed by atoms with Crippen molar-refractivity contribution in [2.24, 2.45) is 7.05 Å². The number of nitrogen functional groups attached to an aromatic ring is 1. The van der Waals surface area contributed by atoms with Crippen LogP contribution < -0.4 is 21.1 Å². The molecule has 0 saturated carbocycles. The number of amides is 2. The van der Waals surface area contributed by atoms with Gasteiger partial charge in [0.05, 0.1) is 29.6 Å². The normalized spacial score (nSPS) is 11.0. The standard InChI is InChI=1S/C27H23N5O4S/c1-32-20-6-4-3-5-16(20)11-21(32)27(35)31-19-8-7-15(12-22(19)36-2)18-14-37-24-17(26(34)29-9-10-33)13-30-25(28)23(18)24/h3-8,10-14H,9H2,1-2H3,(H2,28,30)(H,29,34)(H,31,35). The molecule has 2 aromatic carbocycles. The lowest BCUT2D eigenvalue weighted by Gasteiger charge is -2.13. The number of nitrogens with zero attached hydrogens (tertiary/aromatic N) is 2. The molecule has 10 heteroatoms. The lowest BCUT2D eigenvalue weighted by atomic mass is 10.0. The zero-order chi connectivity index (χ0) is 26.1. The van der Waals surface area contributed by atoms with Gasteiger partial charge in [-0.1, -0.05) is 24.3 Å². The van der Waals surface area contributed by atoms with Gasteiger partial charge in [0, 0.05) is 35.1 Å². The van der Waals surface area contributed by atoms with E-state index in [9.17, 15) is 14.4 Å². The molecule has 3 heterocycles. The molecule has 5 rings (SSSR count). The van der Waals surface area contributed by atoms with Gasteiger partial charge in [-0.15, -0.1) is 11.3 Å². The fraction of sp³-hybridized carbons (Fsp3) is 0.111. The van der Waals surface area contributed by atoms with Crippen LogP contribution in [0.3, 0.4) is 0 Å². The predicted molar refractivity (Wildman–Crippen MR) is 145 cm³/mol. The third-order valence-corrected chi connectivity index (χ3v) is 7.17. The van der Waals surface area contributed by atoms with Gasteiger partial charge in [-0.3, -0.25) is 9.59 Å². The van der Waals surface area contributed by atoms with Crippen molar-refractivity contribution in [1.82, 2.24) is 14.9 Å². The molecule has 0 unspecified atom stereocenters. The average molecular weight is 514 g/mol. The molecule has 0 spiro atoms. The number of carbonyl (C=O) groups is 3. The number of carbonyl (C=O) groups excluding carboxylic acids is 3. The zero-order valence-electron chi connectivity index (χ0n) is 20.1. The number of fused-ring (bicyclic) bond motifs is 2. The molecule has 4 N–H and O–H groups in total. The Balaban J connectivity index is 1.49. The molecule has 0 fully saturated rings. The van der Waals surface area contributed by atoms with Crippen molar-refractivity contribution >= 4 is 61.9 Å². The maximum Gasteiger partial charge on any atom is 0.272 e. The van der Waals surface area contributed by atoms with Crippen molar-refractivity contribution in [2.45, 2.75) is 0 Å². The Bertz CT molecular complexity index is 1690. The van der Waals surface area contributed by atoms with Gasteiger partial charge in [-0.05, 0) is 35.2 Å². The molecular weight excluding hydrogens is 490 g/mol. The van der Waals surface area contributed by atoms with E-state index in [4.69, 9.17) is 10.5 Å². The van der Waals surface area contributed by atoms with Crippen LogP contribution in [0.5, 0.6) is 5.75 Å². The molecule has 0 atom stereocenters. The smallest absolute Gasteiger partial charge is 0.272 e. The second-order valence-corrected chi connectivity index (χ2v) is 9.18. The van der Waals surface area contributed by atoms with Gasteiger partial charge in [0.1, 0.15) is 23.5 Å². The first-order valence-electron chi connectivity index (χ1n) is 11.3. The zero-order valence-corrected chi connectivity index (χ0v) is 20.9. The first-order chi connectivity index (χ1) is 17.9. The number of hydrogen-bond donors (Lipinski definition) is 3. The highest BCUT2D eigenvalue weighted by molar-refractivity contribution is 7.18. The number of thiophene rings is 1. The van der Waals surface area contributed by atoms with Crippen LogP contribution in [0.2, 0.25) is 0 Å². The van der Waals surface area contributed by atoms with E-state index in [1.807, 2.05) is 53.4 Å². The highest BCUT2D eigenvalue weighted by atomic mass is 32.1. The predicted octanol–water partition coefficient (Wildman–Crippen LogP) is 4.23. The second kappa shape index (κ2) is 9.75. The fourth-order valence-electron chi connectivity index (χ4n) is 4.33. The van der Waals surface area contributed by atoms with Gasteiger partial charge in [0.15, 0.2) is 0 Å². The van der Waals surface area contributed by atoms with Gasteiger partial charge < -0.3 is 30.5 Å². The minimum Gasteiger partial charge on any atom is -0.495 e. The molecule has 3 aromatic heterocycles. The van der Waals surface area contributed by atoms with Crippen LogP contribution in [0, 0.1) is 0 Å². The van der Waals surface area contributed by atoms with Gasteiger partial charge in [0.25, 0.3) is 11.8 Å². The van der Waals surface area contributed by atoms with E-state index >= 15 is 0 Å². The van der Waals surface area contributed by atoms with Gasteiger partial charge in [-0.25, -0.2) is 4.98 Å². The van der Waals surface area contributed by atoms with Crippen molar-refractivity contribution in [3.05, 3.63) is 71.4 Å². The summed E-state index contributed by atoms with van der Waals surface area (Å²) in [6.45, 7) is -0.0912. The molecule has 2 amide bonds. The van der Waals surface area contributed by atoms with Crippen LogP contribution in [-0.4, -0.2) is 41.3 Å². The average Bonchev–Trinajstić information content (AvgIpc) is 3.50. The van der Waals surface area contributed by atoms with Gasteiger partial charge in [0.2, 0.25) is 0 Å². The molecule has 0 bridgehead atoms. The molecule has 0 aliphatic heterocycles. The molecule has 0 radical (unpaired) electrons. The van der Waals surface area contributed by atoms with E-state index in [2.05, 4.69) is 15.6 Å². The SMILES string of the molecule is COc1cc(-c2csc3c(C(=O)NCC=O)cnc(N)c23)ccc1NC(=O)c1cc2ccccc2n1C. The Hall–Kier alpha value is -4.70. The van der Waals surface area contributed by atoms with Crippen molar-refractivity contribution in [3.63, 3.8) is 0 Å². The van der Waals surface area contributed by atoms with E-state index in [1.165, 1.54) is 24.6 Å². The summed E-state index contributed by atoms with van der Waals surface area (Å²) in [5.74, 6) is 0.0906. The lowest BCUT2D eigenvalue weighted by molar-refractivity contribution is -0.107. The van der Waals surface area contributed by atoms with Crippen molar-refractivity contribution in [3.8, 4) is 16.9 Å². The summed E-state index contributed by atoms with van der Waals surface area (Å²) in [4.78, 5) is 40.5. The molecule has 0 aliphatic rings. The molecule has 9 nitrogen and oxygen atoms in total. The second-order valence-electron chi connectivity index (χ2n) is 8.30. The number of para-hydroxylation sites is 1. The third kappa shape index (κ3) is 4.27. The molecular formula is C27H23N5O4S. The Morgan fingerprint density at radius 2 is 1.97 bits per heavy atom. The van der Waals surface area contributed by atoms with Crippen LogP contribution in [0.1, 0.15) is 20.8 Å². The summed E-state index contributed by atoms with van der Waals surface area (Å²) in [5.41, 5.74) is 10.1. The first kappa shape index (κ1) is 24.0. The number of benzene rings is 2. The largest absolute Gasteiger partial charge is 0.495 e. The monoisotopic (exact) mass is 513 g/mol. The van der Waals surface area contributed by atoms with Crippen molar-refractivity contribution in [2.75, 3.05) is 24.7 Å². The number of nitrogens with one attached hydrogen (secondary N) is 2. The fourth-order valence-corrected chi connectivity index (χ4v) is 5.42. The third-order valence-electron chi connectivity index (χ3n) is 6.16. The highest BCUT2D eigenvalue weighted by Crippen LogP contribution is 2.40. The quantitative estimate of drug-likeness (QED) is 0.280. The summed E-state index contributed by atoms with van der Waals surface area (Å²) in [6.07, 6.45) is 2.02. The minimum absolute atomic E-state index is 0.0912. The number of anilines is 2. The Morgan fingerprint density at radius 1 is 1.16 bits per heavy atom. The van der Waals surface area contributed by atoms with Crippen LogP contribution in [0.4, 0.5) is 11.5 Å². The van der Waals surface area contributed by atoms with Crippen molar-refractivity contribution < 1.29 is 19.1 Å². The summed E-state index contributed by atoms with van der Waals surface area (Å²) in [5, 5.41) is 8.99. The van der Waals surface area contributed by atoms with Crippen LogP contribution in [0.15, 0.2) is 60.1 Å². The number of aryl methyl sites for hydroxylation is 1. The first-order valence-corrected chi connectivity index (χ1v) is 12.2. The Labute approximate surface area is 215 Å². The number of aromatic nitrogens is 2. The number of nitrogens with two attached hydrogens (primary N) is 1. The molecule has 186 valence electrons. The van der Waals surface area contributed by atoms with E-state index in [1.54, 1.807) is 12.1 Å². The number of methoxy groups -OCH3 is 1. The maximum atomic E-state index is 13.1. The molecule has 0 aliphatic carbocycles. The number of aldehydes is 1. The van der Waals surface area contributed by atoms with Crippen LogP contribution in [0.25, 0.3) is 32.1 Å². The van der Waals surface area contributed by atoms with E-state index in [-0.39, 0.29) is 18.3 Å². The van der Waals surface area contributed by atoms with Gasteiger partial charge in [-0.2, -0.15) is 0 Å². The number of hydrogen-bond acceptors (Lipinski definition) is 7. The number of ether oxygens (including phenoxy) is 1. The van der Waals surface area contributed by atoms with Crippen molar-refractivity contribution in [1.29, 1.82) is 0 Å².